The number of carbonyl (C=O) groups excluding carboxylic acids is 1. The van der Waals surface area contributed by atoms with Crippen LogP contribution in [0.2, 0.25) is 0 Å². The molecule has 0 saturated carbocycles. The number of hydrogen-bond acceptors (Lipinski definition) is 4. The van der Waals surface area contributed by atoms with Crippen molar-refractivity contribution in [1.82, 2.24) is 10.2 Å². The van der Waals surface area contributed by atoms with Crippen LogP contribution in [0, 0.1) is 0 Å². The lowest BCUT2D eigenvalue weighted by Crippen LogP contribution is -2.43. The van der Waals surface area contributed by atoms with Crippen LogP contribution >= 0.6 is 0 Å². The van der Waals surface area contributed by atoms with E-state index in [0.29, 0.717) is 12.1 Å². The first-order valence-electron chi connectivity index (χ1n) is 12.4. The monoisotopic (exact) mass is 449 g/mol. The summed E-state index contributed by atoms with van der Waals surface area (Å²) in [7, 11) is 0. The Hall–Kier alpha value is -2.66. The van der Waals surface area contributed by atoms with E-state index < -0.39 is 0 Å². The third-order valence-corrected chi connectivity index (χ3v) is 6.21. The minimum absolute atomic E-state index is 0.00509. The normalized spacial score (nSPS) is 18.5. The zero-order valence-corrected chi connectivity index (χ0v) is 20.8. The van der Waals surface area contributed by atoms with Gasteiger partial charge >= 0.3 is 0 Å². The summed E-state index contributed by atoms with van der Waals surface area (Å²) in [5.41, 5.74) is 3.75. The third kappa shape index (κ3) is 6.23. The summed E-state index contributed by atoms with van der Waals surface area (Å²) in [5.74, 6) is 0.969. The molecule has 1 N–H and O–H groups in total. The van der Waals surface area contributed by atoms with Crippen molar-refractivity contribution in [1.29, 1.82) is 0 Å². The fourth-order valence-electron chi connectivity index (χ4n) is 4.33. The summed E-state index contributed by atoms with van der Waals surface area (Å²) >= 11 is 0. The molecule has 5 heteroatoms. The lowest BCUT2D eigenvalue weighted by Gasteiger charge is -2.32. The Morgan fingerprint density at radius 3 is 2.70 bits per heavy atom. The van der Waals surface area contributed by atoms with Gasteiger partial charge in [-0.05, 0) is 71.0 Å². The Labute approximate surface area is 199 Å². The molecule has 1 amide bonds. The molecule has 3 rings (SSSR count). The first-order valence-corrected chi connectivity index (χ1v) is 12.4. The first kappa shape index (κ1) is 25.0. The van der Waals surface area contributed by atoms with Crippen LogP contribution < -0.4 is 10.1 Å². The number of nitrogens with one attached hydrogen (secondary N) is 1. The fraction of sp³-hybridized carbons (Fsp3) is 0.500. The van der Waals surface area contributed by atoms with Gasteiger partial charge in [-0.25, -0.2) is 0 Å². The van der Waals surface area contributed by atoms with Crippen molar-refractivity contribution < 1.29 is 9.53 Å². The molecule has 1 aromatic carbocycles. The molecule has 2 aliphatic rings. The zero-order valence-electron chi connectivity index (χ0n) is 20.8. The number of para-hydroxylation sites is 1. The van der Waals surface area contributed by atoms with Crippen molar-refractivity contribution >= 4 is 17.2 Å². The molecule has 1 aromatic rings. The molecular formula is C28H39N3O2. The summed E-state index contributed by atoms with van der Waals surface area (Å²) < 4.78 is 6.25. The van der Waals surface area contributed by atoms with Gasteiger partial charge in [0.15, 0.2) is 0 Å². The van der Waals surface area contributed by atoms with Crippen molar-refractivity contribution in [2.24, 2.45) is 4.99 Å². The summed E-state index contributed by atoms with van der Waals surface area (Å²) in [5, 5.41) is 3.46. The number of ether oxygens (including phenoxy) is 1. The maximum Gasteiger partial charge on any atom is 0.254 e. The van der Waals surface area contributed by atoms with Crippen LogP contribution in [0.4, 0.5) is 0 Å². The van der Waals surface area contributed by atoms with Crippen LogP contribution in [0.5, 0.6) is 5.75 Å². The number of carbonyl (C=O) groups is 1. The standard InChI is InChI=1S/C28H39N3O2/c1-6-16-29-17-15-23-19-25(24-10-8-9-11-27(24)33-23)26-13-12-22(14-18-30-26)28(32)31(20(3)4)21(5)7-2/h8-14,19-21,23,29H,6-7,15-18H2,1-5H3. The highest BCUT2D eigenvalue weighted by atomic mass is 16.5. The highest BCUT2D eigenvalue weighted by Gasteiger charge is 2.26. The van der Waals surface area contributed by atoms with Crippen molar-refractivity contribution in [3.63, 3.8) is 0 Å². The van der Waals surface area contributed by atoms with E-state index >= 15 is 0 Å². The van der Waals surface area contributed by atoms with E-state index in [1.807, 2.05) is 41.3 Å². The van der Waals surface area contributed by atoms with Crippen molar-refractivity contribution in [2.75, 3.05) is 19.6 Å². The second-order valence-electron chi connectivity index (χ2n) is 9.05. The predicted octanol–water partition coefficient (Wildman–Crippen LogP) is 5.19. The second-order valence-corrected chi connectivity index (χ2v) is 9.05. The van der Waals surface area contributed by atoms with Gasteiger partial charge in [-0.15, -0.1) is 0 Å². The largest absolute Gasteiger partial charge is 0.486 e. The molecule has 33 heavy (non-hydrogen) atoms. The minimum Gasteiger partial charge on any atom is -0.486 e. The number of aliphatic imine (C=N–C) groups is 1. The molecule has 0 saturated heterocycles. The smallest absolute Gasteiger partial charge is 0.254 e. The Morgan fingerprint density at radius 2 is 1.97 bits per heavy atom. The number of amides is 1. The van der Waals surface area contributed by atoms with Gasteiger partial charge in [-0.3, -0.25) is 9.79 Å². The average molecular weight is 450 g/mol. The van der Waals surface area contributed by atoms with Gasteiger partial charge in [-0.2, -0.15) is 0 Å². The molecule has 178 valence electrons. The quantitative estimate of drug-likeness (QED) is 0.500. The van der Waals surface area contributed by atoms with Gasteiger partial charge in [0.25, 0.3) is 5.91 Å². The number of allylic oxidation sites excluding steroid dienone is 2. The summed E-state index contributed by atoms with van der Waals surface area (Å²) in [4.78, 5) is 20.1. The highest BCUT2D eigenvalue weighted by molar-refractivity contribution is 6.30. The molecule has 2 atom stereocenters. The van der Waals surface area contributed by atoms with Gasteiger partial charge in [-0.1, -0.05) is 38.1 Å². The molecule has 0 aromatic heterocycles. The molecule has 0 fully saturated rings. The topological polar surface area (TPSA) is 53.9 Å². The second kappa shape index (κ2) is 12.0. The minimum atomic E-state index is -0.00509. The molecule has 2 unspecified atom stereocenters. The molecule has 0 spiro atoms. The van der Waals surface area contributed by atoms with E-state index in [1.165, 1.54) is 0 Å². The Kier molecular flexibility index (Phi) is 9.07. The number of fused-ring (bicyclic) bond motifs is 1. The molecular weight excluding hydrogens is 410 g/mol. The lowest BCUT2D eigenvalue weighted by molar-refractivity contribution is -0.130. The van der Waals surface area contributed by atoms with Crippen molar-refractivity contribution in [2.45, 2.75) is 72.1 Å². The Morgan fingerprint density at radius 1 is 1.18 bits per heavy atom. The van der Waals surface area contributed by atoms with Crippen LogP contribution in [0.1, 0.15) is 59.4 Å². The van der Waals surface area contributed by atoms with Crippen LogP contribution in [0.15, 0.2) is 59.1 Å². The molecule has 5 nitrogen and oxygen atoms in total. The number of hydrogen-bond donors (Lipinski definition) is 1. The van der Waals surface area contributed by atoms with E-state index in [1.54, 1.807) is 0 Å². The van der Waals surface area contributed by atoms with Gasteiger partial charge in [0.05, 0.1) is 12.3 Å². The predicted molar refractivity (Wildman–Crippen MR) is 138 cm³/mol. The van der Waals surface area contributed by atoms with Gasteiger partial charge in [0, 0.05) is 35.2 Å². The third-order valence-electron chi connectivity index (χ3n) is 6.21. The van der Waals surface area contributed by atoms with E-state index in [0.717, 1.165) is 54.9 Å². The average Bonchev–Trinajstić information content (AvgIpc) is 3.07. The zero-order chi connectivity index (χ0) is 23.8. The van der Waals surface area contributed by atoms with E-state index in [-0.39, 0.29) is 24.1 Å². The van der Waals surface area contributed by atoms with Crippen LogP contribution in [-0.4, -0.2) is 54.3 Å². The van der Waals surface area contributed by atoms with Crippen LogP contribution in [0.3, 0.4) is 0 Å². The highest BCUT2D eigenvalue weighted by Crippen LogP contribution is 2.34. The van der Waals surface area contributed by atoms with Crippen LogP contribution in [-0.2, 0) is 4.79 Å². The van der Waals surface area contributed by atoms with Crippen LogP contribution in [0.25, 0.3) is 5.57 Å². The van der Waals surface area contributed by atoms with Gasteiger partial charge < -0.3 is 15.0 Å². The van der Waals surface area contributed by atoms with Gasteiger partial charge in [0.2, 0.25) is 0 Å². The van der Waals surface area contributed by atoms with Gasteiger partial charge in [0.1, 0.15) is 11.9 Å². The molecule has 2 heterocycles. The maximum absolute atomic E-state index is 13.3. The number of nitrogens with zero attached hydrogens (tertiary/aromatic N) is 2. The van der Waals surface area contributed by atoms with E-state index in [2.05, 4.69) is 52.1 Å². The SMILES string of the molecule is CCCNCCC1C=C(C2=NCC=C(C(=O)N(C(C)C)C(C)CC)C=C2)c2ccccc2O1. The Balaban J connectivity index is 1.82. The number of benzene rings is 1. The lowest BCUT2D eigenvalue weighted by atomic mass is 9.94. The summed E-state index contributed by atoms with van der Waals surface area (Å²) in [6, 6.07) is 8.49. The maximum atomic E-state index is 13.3. The fourth-order valence-corrected chi connectivity index (χ4v) is 4.33. The molecule has 0 aliphatic carbocycles. The van der Waals surface area contributed by atoms with E-state index in [9.17, 15) is 4.79 Å². The van der Waals surface area contributed by atoms with E-state index in [4.69, 9.17) is 9.73 Å². The number of rotatable bonds is 10. The van der Waals surface area contributed by atoms with Crippen molar-refractivity contribution in [3.8, 4) is 5.75 Å². The molecule has 2 aliphatic heterocycles. The first-order chi connectivity index (χ1) is 16.0. The summed E-state index contributed by atoms with van der Waals surface area (Å²) in [6.45, 7) is 13.0. The van der Waals surface area contributed by atoms with Crippen molar-refractivity contribution in [3.05, 3.63) is 59.7 Å². The Bertz CT molecular complexity index is 942. The molecule has 0 radical (unpaired) electrons. The summed E-state index contributed by atoms with van der Waals surface area (Å²) in [6.07, 6.45) is 11.0. The molecule has 0 bridgehead atoms.